The van der Waals surface area contributed by atoms with E-state index in [9.17, 15) is 4.21 Å². The highest BCUT2D eigenvalue weighted by Crippen LogP contribution is 2.22. The summed E-state index contributed by atoms with van der Waals surface area (Å²) in [7, 11) is -1.26. The van der Waals surface area contributed by atoms with Crippen molar-refractivity contribution in [1.82, 2.24) is 4.98 Å². The molecular formula is C12H9Cl2NO2S. The summed E-state index contributed by atoms with van der Waals surface area (Å²) in [4.78, 5) is 4.67. The molecule has 0 saturated heterocycles. The Morgan fingerprint density at radius 2 is 1.89 bits per heavy atom. The quantitative estimate of drug-likeness (QED) is 0.945. The van der Waals surface area contributed by atoms with Crippen molar-refractivity contribution in [2.45, 2.75) is 10.6 Å². The van der Waals surface area contributed by atoms with Crippen molar-refractivity contribution in [3.8, 4) is 5.75 Å². The van der Waals surface area contributed by atoms with Crippen molar-refractivity contribution in [3.63, 3.8) is 0 Å². The van der Waals surface area contributed by atoms with Crippen LogP contribution in [0.3, 0.4) is 0 Å². The number of rotatable bonds is 3. The Kier molecular flexibility index (Phi) is 4.22. The van der Waals surface area contributed by atoms with Crippen LogP contribution in [0.5, 0.6) is 5.75 Å². The zero-order valence-electron chi connectivity index (χ0n) is 9.14. The molecule has 0 aliphatic rings. The van der Waals surface area contributed by atoms with E-state index in [2.05, 4.69) is 4.98 Å². The number of pyridine rings is 1. The minimum absolute atomic E-state index is 0.137. The van der Waals surface area contributed by atoms with Crippen LogP contribution in [0.15, 0.2) is 41.4 Å². The lowest BCUT2D eigenvalue weighted by Crippen LogP contribution is -1.99. The average molecular weight is 302 g/mol. The van der Waals surface area contributed by atoms with Crippen molar-refractivity contribution in [1.29, 1.82) is 0 Å². The van der Waals surface area contributed by atoms with Gasteiger partial charge in [0.05, 0.1) is 32.3 Å². The number of aromatic nitrogens is 1. The maximum Gasteiger partial charge on any atom is 0.115 e. The first-order chi connectivity index (χ1) is 8.56. The summed E-state index contributed by atoms with van der Waals surface area (Å²) in [6.45, 7) is 0. The number of aromatic hydroxyl groups is 1. The number of phenols is 1. The second-order valence-electron chi connectivity index (χ2n) is 3.57. The van der Waals surface area contributed by atoms with Gasteiger partial charge in [-0.05, 0) is 30.3 Å². The smallest absolute Gasteiger partial charge is 0.115 e. The average Bonchev–Trinajstić information content (AvgIpc) is 2.33. The van der Waals surface area contributed by atoms with Gasteiger partial charge in [-0.15, -0.1) is 0 Å². The van der Waals surface area contributed by atoms with Crippen molar-refractivity contribution in [2.75, 3.05) is 0 Å². The molecule has 0 unspecified atom stereocenters. The SMILES string of the molecule is O=[S@@](Cc1ncc(Cl)cc1Cl)c1ccc(O)cc1. The van der Waals surface area contributed by atoms with Crippen LogP contribution in [-0.2, 0) is 16.6 Å². The second kappa shape index (κ2) is 5.69. The van der Waals surface area contributed by atoms with Crippen LogP contribution in [-0.4, -0.2) is 14.3 Å². The van der Waals surface area contributed by atoms with Gasteiger partial charge >= 0.3 is 0 Å². The minimum Gasteiger partial charge on any atom is -0.508 e. The Labute approximate surface area is 117 Å². The third-order valence-corrected chi connectivity index (χ3v) is 4.12. The standard InChI is InChI=1S/C12H9Cl2NO2S/c13-8-5-11(14)12(15-6-8)7-18(17)10-3-1-9(16)2-4-10/h1-6,16H,7H2/t18-/m0/s1. The number of hydrogen-bond donors (Lipinski definition) is 1. The van der Waals surface area contributed by atoms with Gasteiger partial charge < -0.3 is 5.11 Å². The van der Waals surface area contributed by atoms with Gasteiger partial charge in [-0.2, -0.15) is 0 Å². The normalized spacial score (nSPS) is 12.3. The lowest BCUT2D eigenvalue weighted by Gasteiger charge is -2.04. The van der Waals surface area contributed by atoms with Crippen molar-refractivity contribution < 1.29 is 9.32 Å². The molecule has 0 amide bonds. The van der Waals surface area contributed by atoms with Gasteiger partial charge in [-0.1, -0.05) is 23.2 Å². The van der Waals surface area contributed by atoms with E-state index in [4.69, 9.17) is 28.3 Å². The Hall–Kier alpha value is -1.10. The molecule has 94 valence electrons. The van der Waals surface area contributed by atoms with E-state index < -0.39 is 10.8 Å². The molecule has 1 N–H and O–H groups in total. The lowest BCUT2D eigenvalue weighted by atomic mass is 10.3. The Bertz CT molecular complexity index is 587. The molecule has 0 bridgehead atoms. The van der Waals surface area contributed by atoms with Crippen molar-refractivity contribution >= 4 is 34.0 Å². The zero-order chi connectivity index (χ0) is 13.1. The van der Waals surface area contributed by atoms with E-state index in [1.807, 2.05) is 0 Å². The molecule has 0 fully saturated rings. The number of phenolic OH excluding ortho intramolecular Hbond substituents is 1. The van der Waals surface area contributed by atoms with Gasteiger partial charge in [0.25, 0.3) is 0 Å². The molecule has 1 atom stereocenters. The molecule has 2 aromatic rings. The van der Waals surface area contributed by atoms with E-state index in [0.717, 1.165) is 0 Å². The molecule has 1 aromatic carbocycles. The van der Waals surface area contributed by atoms with E-state index in [-0.39, 0.29) is 11.5 Å². The van der Waals surface area contributed by atoms with Crippen LogP contribution in [0.25, 0.3) is 0 Å². The molecule has 2 rings (SSSR count). The summed E-state index contributed by atoms with van der Waals surface area (Å²) in [5.41, 5.74) is 0.535. The molecule has 0 spiro atoms. The fourth-order valence-electron chi connectivity index (χ4n) is 1.35. The summed E-state index contributed by atoms with van der Waals surface area (Å²) >= 11 is 11.7. The summed E-state index contributed by atoms with van der Waals surface area (Å²) in [6.07, 6.45) is 1.47. The van der Waals surface area contributed by atoms with Gasteiger partial charge in [0.15, 0.2) is 0 Å². The number of nitrogens with zero attached hydrogens (tertiary/aromatic N) is 1. The van der Waals surface area contributed by atoms with Gasteiger partial charge in [0.1, 0.15) is 5.75 Å². The van der Waals surface area contributed by atoms with Crippen molar-refractivity contribution in [2.24, 2.45) is 0 Å². The third-order valence-electron chi connectivity index (χ3n) is 2.25. The van der Waals surface area contributed by atoms with Crippen LogP contribution >= 0.6 is 23.2 Å². The predicted molar refractivity (Wildman–Crippen MR) is 72.5 cm³/mol. The summed E-state index contributed by atoms with van der Waals surface area (Å²) < 4.78 is 12.1. The molecule has 0 aliphatic carbocycles. The molecular weight excluding hydrogens is 293 g/mol. The van der Waals surface area contributed by atoms with Crippen LogP contribution < -0.4 is 0 Å². The highest BCUT2D eigenvalue weighted by Gasteiger charge is 2.10. The second-order valence-corrected chi connectivity index (χ2v) is 5.86. The van der Waals surface area contributed by atoms with Crippen LogP contribution in [0.4, 0.5) is 0 Å². The highest BCUT2D eigenvalue weighted by atomic mass is 35.5. The predicted octanol–water partition coefficient (Wildman–Crippen LogP) is 3.40. The summed E-state index contributed by atoms with van der Waals surface area (Å²) in [6, 6.07) is 7.76. The van der Waals surface area contributed by atoms with E-state index in [1.54, 1.807) is 18.2 Å². The van der Waals surface area contributed by atoms with E-state index in [0.29, 0.717) is 20.6 Å². The van der Waals surface area contributed by atoms with E-state index >= 15 is 0 Å². The number of benzene rings is 1. The number of hydrogen-bond acceptors (Lipinski definition) is 3. The molecule has 1 heterocycles. The fourth-order valence-corrected chi connectivity index (χ4v) is 2.97. The topological polar surface area (TPSA) is 50.2 Å². The first kappa shape index (κ1) is 13.3. The highest BCUT2D eigenvalue weighted by molar-refractivity contribution is 7.84. The Morgan fingerprint density at radius 1 is 1.22 bits per heavy atom. The zero-order valence-corrected chi connectivity index (χ0v) is 11.5. The molecule has 1 aromatic heterocycles. The van der Waals surface area contributed by atoms with Crippen LogP contribution in [0.1, 0.15) is 5.69 Å². The molecule has 18 heavy (non-hydrogen) atoms. The summed E-state index contributed by atoms with van der Waals surface area (Å²) in [5.74, 6) is 0.347. The first-order valence-electron chi connectivity index (χ1n) is 5.03. The molecule has 0 saturated carbocycles. The van der Waals surface area contributed by atoms with Crippen LogP contribution in [0, 0.1) is 0 Å². The summed E-state index contributed by atoms with van der Waals surface area (Å²) in [5, 5.41) is 10.00. The molecule has 3 nitrogen and oxygen atoms in total. The van der Waals surface area contributed by atoms with Gasteiger partial charge in [0.2, 0.25) is 0 Å². The lowest BCUT2D eigenvalue weighted by molar-refractivity contribution is 0.475. The first-order valence-corrected chi connectivity index (χ1v) is 7.11. The Balaban J connectivity index is 2.18. The molecule has 0 radical (unpaired) electrons. The monoisotopic (exact) mass is 301 g/mol. The maximum absolute atomic E-state index is 12.1. The molecule has 6 heteroatoms. The van der Waals surface area contributed by atoms with Gasteiger partial charge in [-0.3, -0.25) is 9.19 Å². The van der Waals surface area contributed by atoms with Gasteiger partial charge in [-0.25, -0.2) is 0 Å². The van der Waals surface area contributed by atoms with Crippen LogP contribution in [0.2, 0.25) is 10.0 Å². The van der Waals surface area contributed by atoms with Crippen molar-refractivity contribution in [3.05, 3.63) is 52.3 Å². The fraction of sp³-hybridized carbons (Fsp3) is 0.0833. The molecule has 0 aliphatic heterocycles. The maximum atomic E-state index is 12.1. The largest absolute Gasteiger partial charge is 0.508 e. The van der Waals surface area contributed by atoms with E-state index in [1.165, 1.54) is 18.3 Å². The van der Waals surface area contributed by atoms with Gasteiger partial charge in [0, 0.05) is 11.1 Å². The minimum atomic E-state index is -1.26. The third kappa shape index (κ3) is 3.22. The number of halogens is 2. The Morgan fingerprint density at radius 3 is 2.50 bits per heavy atom.